The second-order valence-corrected chi connectivity index (χ2v) is 4.75. The summed E-state index contributed by atoms with van der Waals surface area (Å²) in [4.78, 5) is 12.4. The lowest BCUT2D eigenvalue weighted by molar-refractivity contribution is 0.107. The van der Waals surface area contributed by atoms with Crippen molar-refractivity contribution < 1.29 is 4.79 Å². The lowest BCUT2D eigenvalue weighted by Crippen LogP contribution is -2.28. The molecule has 1 heterocycles. The standard InChI is InChI=1S/C13H19BN2O/c1-16-12-6-5-10(15)9-11(12)13(17)14-7-3-2-4-8-14/h5-6,9,16H,2-4,7-8,15H2,1H3. The first kappa shape index (κ1) is 12.0. The van der Waals surface area contributed by atoms with Crippen LogP contribution in [0.25, 0.3) is 0 Å². The van der Waals surface area contributed by atoms with Gasteiger partial charge in [0.05, 0.1) is 0 Å². The molecule has 90 valence electrons. The van der Waals surface area contributed by atoms with Crippen LogP contribution in [0, 0.1) is 0 Å². The number of carbonyl (C=O) groups is 1. The van der Waals surface area contributed by atoms with E-state index in [0.29, 0.717) is 5.69 Å². The van der Waals surface area contributed by atoms with Gasteiger partial charge >= 0.3 is 0 Å². The van der Waals surface area contributed by atoms with Crippen molar-refractivity contribution in [3.63, 3.8) is 0 Å². The van der Waals surface area contributed by atoms with Gasteiger partial charge in [-0.1, -0.05) is 31.9 Å². The van der Waals surface area contributed by atoms with E-state index < -0.39 is 0 Å². The van der Waals surface area contributed by atoms with E-state index in [4.69, 9.17) is 5.73 Å². The van der Waals surface area contributed by atoms with Crippen molar-refractivity contribution in [1.29, 1.82) is 0 Å². The highest BCUT2D eigenvalue weighted by Gasteiger charge is 2.27. The van der Waals surface area contributed by atoms with Crippen molar-refractivity contribution >= 4 is 23.8 Å². The Morgan fingerprint density at radius 1 is 1.29 bits per heavy atom. The summed E-state index contributed by atoms with van der Waals surface area (Å²) in [7, 11) is 1.84. The molecule has 3 nitrogen and oxygen atoms in total. The highest BCUT2D eigenvalue weighted by Crippen LogP contribution is 2.26. The van der Waals surface area contributed by atoms with Crippen molar-refractivity contribution in [1.82, 2.24) is 0 Å². The number of nitrogen functional groups attached to an aromatic ring is 1. The topological polar surface area (TPSA) is 55.1 Å². The third-order valence-corrected chi connectivity index (χ3v) is 3.55. The van der Waals surface area contributed by atoms with Gasteiger partial charge in [-0.3, -0.25) is 0 Å². The Hall–Kier alpha value is -1.45. The number of hydrogen-bond donors (Lipinski definition) is 2. The molecule has 1 fully saturated rings. The fraction of sp³-hybridized carbons (Fsp3) is 0.462. The summed E-state index contributed by atoms with van der Waals surface area (Å²) < 4.78 is 0. The molecular weight excluding hydrogens is 211 g/mol. The molecule has 0 unspecified atom stereocenters. The third kappa shape index (κ3) is 2.63. The van der Waals surface area contributed by atoms with Gasteiger partial charge in [0.1, 0.15) is 5.68 Å². The number of hydrogen-bond acceptors (Lipinski definition) is 3. The first-order valence-electron chi connectivity index (χ1n) is 6.34. The zero-order valence-corrected chi connectivity index (χ0v) is 10.3. The molecule has 1 aromatic rings. The fourth-order valence-corrected chi connectivity index (χ4v) is 2.57. The summed E-state index contributed by atoms with van der Waals surface area (Å²) in [5.74, 6) is 0. The predicted octanol–water partition coefficient (Wildman–Crippen LogP) is 2.71. The Bertz CT molecular complexity index is 414. The number of rotatable bonds is 3. The molecule has 3 N–H and O–H groups in total. The third-order valence-electron chi connectivity index (χ3n) is 3.55. The van der Waals surface area contributed by atoms with E-state index in [1.165, 1.54) is 19.3 Å². The van der Waals surface area contributed by atoms with Crippen LogP contribution in [-0.4, -0.2) is 19.4 Å². The van der Waals surface area contributed by atoms with Gasteiger partial charge < -0.3 is 15.8 Å². The SMILES string of the molecule is CNc1ccc(N)cc1C(=O)B1CCCCC1. The summed E-state index contributed by atoms with van der Waals surface area (Å²) in [5.41, 5.74) is 8.31. The molecule has 0 spiro atoms. The Morgan fingerprint density at radius 3 is 2.65 bits per heavy atom. The quantitative estimate of drug-likeness (QED) is 0.620. The van der Waals surface area contributed by atoms with Gasteiger partial charge in [0, 0.05) is 24.0 Å². The zero-order chi connectivity index (χ0) is 12.3. The van der Waals surface area contributed by atoms with Crippen molar-refractivity contribution in [3.8, 4) is 0 Å². The van der Waals surface area contributed by atoms with E-state index >= 15 is 0 Å². The number of nitrogens with two attached hydrogens (primary N) is 1. The molecule has 1 aliphatic rings. The van der Waals surface area contributed by atoms with Crippen LogP contribution in [0.3, 0.4) is 0 Å². The summed E-state index contributed by atoms with van der Waals surface area (Å²) in [5, 5.41) is 3.07. The monoisotopic (exact) mass is 230 g/mol. The molecular formula is C13H19BN2O. The minimum absolute atomic E-state index is 0.192. The molecule has 0 amide bonds. The molecule has 0 atom stereocenters. The maximum Gasteiger partial charge on any atom is 0.230 e. The Labute approximate surface area is 103 Å². The molecule has 2 rings (SSSR count). The molecule has 0 saturated carbocycles. The van der Waals surface area contributed by atoms with Crippen LogP contribution >= 0.6 is 0 Å². The van der Waals surface area contributed by atoms with Crippen LogP contribution < -0.4 is 11.1 Å². The van der Waals surface area contributed by atoms with Crippen LogP contribution in [0.15, 0.2) is 18.2 Å². The van der Waals surface area contributed by atoms with Gasteiger partial charge in [-0.05, 0) is 18.2 Å². The van der Waals surface area contributed by atoms with E-state index in [9.17, 15) is 4.79 Å². The minimum atomic E-state index is 0.192. The molecule has 0 bridgehead atoms. The molecule has 0 aliphatic carbocycles. The van der Waals surface area contributed by atoms with Gasteiger partial charge in [-0.2, -0.15) is 0 Å². The first-order chi connectivity index (χ1) is 8.22. The number of nitrogens with one attached hydrogen (secondary N) is 1. The van der Waals surface area contributed by atoms with Crippen LogP contribution in [0.5, 0.6) is 0 Å². The predicted molar refractivity (Wildman–Crippen MR) is 74.0 cm³/mol. The fourth-order valence-electron chi connectivity index (χ4n) is 2.57. The lowest BCUT2D eigenvalue weighted by Gasteiger charge is -2.19. The summed E-state index contributed by atoms with van der Waals surface area (Å²) in [6, 6.07) is 5.50. The second kappa shape index (κ2) is 5.26. The average molecular weight is 230 g/mol. The van der Waals surface area contributed by atoms with Crippen molar-refractivity contribution in [3.05, 3.63) is 23.8 Å². The number of anilines is 2. The average Bonchev–Trinajstić information content (AvgIpc) is 2.39. The van der Waals surface area contributed by atoms with E-state index in [1.54, 1.807) is 6.07 Å². The van der Waals surface area contributed by atoms with Crippen LogP contribution in [-0.2, 0) is 0 Å². The van der Waals surface area contributed by atoms with Crippen molar-refractivity contribution in [2.24, 2.45) is 0 Å². The molecule has 17 heavy (non-hydrogen) atoms. The molecule has 1 aromatic carbocycles. The largest absolute Gasteiger partial charge is 0.399 e. The number of benzene rings is 1. The van der Waals surface area contributed by atoms with Gasteiger partial charge in [-0.25, -0.2) is 0 Å². The molecule has 1 saturated heterocycles. The van der Waals surface area contributed by atoms with Gasteiger partial charge in [0.2, 0.25) is 6.71 Å². The van der Waals surface area contributed by atoms with Crippen molar-refractivity contribution in [2.75, 3.05) is 18.1 Å². The summed E-state index contributed by atoms with van der Waals surface area (Å²) in [6.07, 6.45) is 5.66. The van der Waals surface area contributed by atoms with Gasteiger partial charge in [0.25, 0.3) is 0 Å². The maximum absolute atomic E-state index is 12.4. The second-order valence-electron chi connectivity index (χ2n) is 4.75. The van der Waals surface area contributed by atoms with Crippen molar-refractivity contribution in [2.45, 2.75) is 31.9 Å². The van der Waals surface area contributed by atoms with E-state index in [1.807, 2.05) is 19.2 Å². The zero-order valence-electron chi connectivity index (χ0n) is 10.3. The number of carbonyl (C=O) groups excluding carboxylic acids is 1. The van der Waals surface area contributed by atoms with Gasteiger partial charge in [0.15, 0.2) is 0 Å². The van der Waals surface area contributed by atoms with Gasteiger partial charge in [-0.15, -0.1) is 0 Å². The van der Waals surface area contributed by atoms with E-state index in [-0.39, 0.29) is 12.4 Å². The normalized spacial score (nSPS) is 15.7. The Balaban J connectivity index is 2.25. The Morgan fingerprint density at radius 2 is 2.00 bits per heavy atom. The van der Waals surface area contributed by atoms with Crippen LogP contribution in [0.4, 0.5) is 11.4 Å². The Kier molecular flexibility index (Phi) is 3.72. The summed E-state index contributed by atoms with van der Waals surface area (Å²) >= 11 is 0. The maximum atomic E-state index is 12.4. The smallest absolute Gasteiger partial charge is 0.230 e. The highest BCUT2D eigenvalue weighted by atomic mass is 16.1. The molecule has 4 heteroatoms. The lowest BCUT2D eigenvalue weighted by atomic mass is 9.38. The highest BCUT2D eigenvalue weighted by molar-refractivity contribution is 6.93. The van der Waals surface area contributed by atoms with E-state index in [2.05, 4.69) is 5.32 Å². The molecule has 0 aromatic heterocycles. The van der Waals surface area contributed by atoms with Crippen LogP contribution in [0.1, 0.15) is 29.6 Å². The summed E-state index contributed by atoms with van der Waals surface area (Å²) in [6.45, 7) is 0.192. The minimum Gasteiger partial charge on any atom is -0.399 e. The van der Waals surface area contributed by atoms with E-state index in [0.717, 1.165) is 23.9 Å². The molecule has 0 radical (unpaired) electrons. The molecule has 1 aliphatic heterocycles. The van der Waals surface area contributed by atoms with Crippen LogP contribution in [0.2, 0.25) is 12.6 Å². The first-order valence-corrected chi connectivity index (χ1v) is 6.34.